The Labute approximate surface area is 164 Å². The van der Waals surface area contributed by atoms with E-state index in [1.165, 1.54) is 18.5 Å². The number of carbonyl (C=O) groups excluding carboxylic acids is 1. The van der Waals surface area contributed by atoms with Gasteiger partial charge in [-0.2, -0.15) is 0 Å². The van der Waals surface area contributed by atoms with Crippen molar-refractivity contribution in [2.75, 3.05) is 6.54 Å². The van der Waals surface area contributed by atoms with Gasteiger partial charge < -0.3 is 14.4 Å². The number of benzene rings is 1. The maximum absolute atomic E-state index is 13.6. The van der Waals surface area contributed by atoms with Crippen LogP contribution in [0, 0.1) is 5.82 Å². The largest absolute Gasteiger partial charge is 0.444 e. The number of aromatic nitrogens is 2. The zero-order valence-corrected chi connectivity index (χ0v) is 17.0. The predicted molar refractivity (Wildman–Crippen MR) is 103 cm³/mol. The summed E-state index contributed by atoms with van der Waals surface area (Å²) in [7, 11) is 0. The van der Waals surface area contributed by atoms with Crippen LogP contribution in [0.1, 0.15) is 57.4 Å². The molecule has 0 aliphatic carbocycles. The number of amides is 1. The van der Waals surface area contributed by atoms with Crippen LogP contribution < -0.4 is 4.74 Å². The summed E-state index contributed by atoms with van der Waals surface area (Å²) in [5.74, 6) is 0.828. The van der Waals surface area contributed by atoms with Gasteiger partial charge in [-0.3, -0.25) is 0 Å². The van der Waals surface area contributed by atoms with Crippen molar-refractivity contribution in [1.29, 1.82) is 0 Å². The normalized spacial score (nSPS) is 14.0. The fourth-order valence-electron chi connectivity index (χ4n) is 3.06. The molecular formula is C21H26FN3O3. The summed E-state index contributed by atoms with van der Waals surface area (Å²) in [6.07, 6.45) is 1.62. The van der Waals surface area contributed by atoms with Crippen LogP contribution in [-0.4, -0.2) is 33.1 Å². The number of ether oxygens (including phenoxy) is 2. The second-order valence-corrected chi connectivity index (χ2v) is 8.19. The highest BCUT2D eigenvalue weighted by molar-refractivity contribution is 5.68. The van der Waals surface area contributed by atoms with Crippen LogP contribution >= 0.6 is 0 Å². The van der Waals surface area contributed by atoms with Gasteiger partial charge in [-0.15, -0.1) is 0 Å². The van der Waals surface area contributed by atoms with Crippen LogP contribution in [0.5, 0.6) is 11.6 Å². The zero-order valence-electron chi connectivity index (χ0n) is 17.0. The van der Waals surface area contributed by atoms with E-state index in [0.717, 1.165) is 16.8 Å². The number of carbonyl (C=O) groups is 1. The Hall–Kier alpha value is -2.70. The molecule has 1 aromatic carbocycles. The third-order valence-electron chi connectivity index (χ3n) is 4.42. The van der Waals surface area contributed by atoms with Crippen molar-refractivity contribution in [2.24, 2.45) is 0 Å². The third kappa shape index (κ3) is 4.58. The van der Waals surface area contributed by atoms with Crippen molar-refractivity contribution in [2.45, 2.75) is 59.1 Å². The number of rotatable bonds is 3. The number of nitrogens with zero attached hydrogens (tertiary/aromatic N) is 3. The molecule has 7 heteroatoms. The summed E-state index contributed by atoms with van der Waals surface area (Å²) in [5, 5.41) is 0. The first kappa shape index (κ1) is 20.0. The molecule has 0 bridgehead atoms. The quantitative estimate of drug-likeness (QED) is 0.755. The maximum atomic E-state index is 13.6. The van der Waals surface area contributed by atoms with Gasteiger partial charge in [0.2, 0.25) is 5.88 Å². The molecule has 1 aliphatic heterocycles. The SMILES string of the molecule is CC(C)c1cc(F)ccc1Oc1ncnc2c1CCN(C(=O)OC(C)(C)C)C2. The summed E-state index contributed by atoms with van der Waals surface area (Å²) in [4.78, 5) is 22.6. The molecule has 0 unspecified atom stereocenters. The number of hydrogen-bond donors (Lipinski definition) is 0. The topological polar surface area (TPSA) is 64.6 Å². The van der Waals surface area contributed by atoms with Crippen LogP contribution in [-0.2, 0) is 17.7 Å². The first-order valence-corrected chi connectivity index (χ1v) is 9.42. The van der Waals surface area contributed by atoms with E-state index in [-0.39, 0.29) is 17.8 Å². The molecule has 0 atom stereocenters. The highest BCUT2D eigenvalue weighted by atomic mass is 19.1. The minimum atomic E-state index is -0.548. The lowest BCUT2D eigenvalue weighted by Crippen LogP contribution is -2.40. The van der Waals surface area contributed by atoms with E-state index < -0.39 is 5.60 Å². The summed E-state index contributed by atoms with van der Waals surface area (Å²) < 4.78 is 25.1. The van der Waals surface area contributed by atoms with Gasteiger partial charge in [0.15, 0.2) is 0 Å². The molecule has 2 heterocycles. The fraction of sp³-hybridized carbons (Fsp3) is 0.476. The molecular weight excluding hydrogens is 361 g/mol. The van der Waals surface area contributed by atoms with E-state index in [4.69, 9.17) is 9.47 Å². The summed E-state index contributed by atoms with van der Waals surface area (Å²) in [6, 6.07) is 4.48. The highest BCUT2D eigenvalue weighted by Gasteiger charge is 2.28. The van der Waals surface area contributed by atoms with Gasteiger partial charge in [0.1, 0.15) is 23.5 Å². The van der Waals surface area contributed by atoms with E-state index in [9.17, 15) is 9.18 Å². The Morgan fingerprint density at radius 1 is 1.25 bits per heavy atom. The van der Waals surface area contributed by atoms with Crippen molar-refractivity contribution >= 4 is 6.09 Å². The molecule has 6 nitrogen and oxygen atoms in total. The first-order chi connectivity index (χ1) is 13.1. The van der Waals surface area contributed by atoms with Gasteiger partial charge in [-0.05, 0) is 51.3 Å². The van der Waals surface area contributed by atoms with Crippen LogP contribution in [0.15, 0.2) is 24.5 Å². The molecule has 0 N–H and O–H groups in total. The summed E-state index contributed by atoms with van der Waals surface area (Å²) >= 11 is 0. The van der Waals surface area contributed by atoms with Crippen LogP contribution in [0.2, 0.25) is 0 Å². The van der Waals surface area contributed by atoms with E-state index in [1.807, 2.05) is 34.6 Å². The predicted octanol–water partition coefficient (Wildman–Crippen LogP) is 4.82. The molecule has 3 rings (SSSR count). The van der Waals surface area contributed by atoms with Crippen LogP contribution in [0.3, 0.4) is 0 Å². The first-order valence-electron chi connectivity index (χ1n) is 9.42. The van der Waals surface area contributed by atoms with Crippen LogP contribution in [0.4, 0.5) is 9.18 Å². The monoisotopic (exact) mass is 387 g/mol. The average Bonchev–Trinajstić information content (AvgIpc) is 2.61. The number of hydrogen-bond acceptors (Lipinski definition) is 5. The highest BCUT2D eigenvalue weighted by Crippen LogP contribution is 2.33. The van der Waals surface area contributed by atoms with Gasteiger partial charge in [0.05, 0.1) is 12.2 Å². The van der Waals surface area contributed by atoms with Gasteiger partial charge >= 0.3 is 6.09 Å². The third-order valence-corrected chi connectivity index (χ3v) is 4.42. The number of halogens is 1. The van der Waals surface area contributed by atoms with Gasteiger partial charge in [-0.1, -0.05) is 13.8 Å². The Balaban J connectivity index is 1.83. The zero-order chi connectivity index (χ0) is 20.5. The Morgan fingerprint density at radius 3 is 2.68 bits per heavy atom. The number of fused-ring (bicyclic) bond motifs is 1. The second kappa shape index (κ2) is 7.73. The summed E-state index contributed by atoms with van der Waals surface area (Å²) in [5.41, 5.74) is 1.82. The van der Waals surface area contributed by atoms with Crippen LogP contribution in [0.25, 0.3) is 0 Å². The molecule has 1 amide bonds. The lowest BCUT2D eigenvalue weighted by atomic mass is 10.0. The Bertz CT molecular complexity index is 878. The summed E-state index contributed by atoms with van der Waals surface area (Å²) in [6.45, 7) is 10.3. The molecule has 2 aromatic rings. The molecule has 0 radical (unpaired) electrons. The maximum Gasteiger partial charge on any atom is 0.410 e. The molecule has 0 fully saturated rings. The van der Waals surface area contributed by atoms with Gasteiger partial charge in [-0.25, -0.2) is 19.2 Å². The molecule has 0 saturated carbocycles. The fourth-order valence-corrected chi connectivity index (χ4v) is 3.06. The average molecular weight is 387 g/mol. The van der Waals surface area contributed by atoms with Gasteiger partial charge in [0.25, 0.3) is 0 Å². The molecule has 150 valence electrons. The minimum absolute atomic E-state index is 0.103. The Kier molecular flexibility index (Phi) is 5.54. The van der Waals surface area contributed by atoms with Gasteiger partial charge in [0, 0.05) is 17.7 Å². The van der Waals surface area contributed by atoms with Crippen molar-refractivity contribution in [3.8, 4) is 11.6 Å². The van der Waals surface area contributed by atoms with Crippen molar-refractivity contribution in [3.05, 3.63) is 47.2 Å². The standard InChI is InChI=1S/C21H26FN3O3/c1-13(2)16-10-14(22)6-7-18(16)27-19-15-8-9-25(11-17(15)23-12-24-19)20(26)28-21(3,4)5/h6-7,10,12-13H,8-9,11H2,1-5H3. The molecule has 1 aliphatic rings. The molecule has 1 aromatic heterocycles. The van der Waals surface area contributed by atoms with E-state index in [1.54, 1.807) is 11.0 Å². The van der Waals surface area contributed by atoms with Crippen molar-refractivity contribution < 1.29 is 18.7 Å². The van der Waals surface area contributed by atoms with E-state index in [2.05, 4.69) is 9.97 Å². The molecule has 28 heavy (non-hydrogen) atoms. The van der Waals surface area contributed by atoms with Crippen molar-refractivity contribution in [1.82, 2.24) is 14.9 Å². The van der Waals surface area contributed by atoms with E-state index >= 15 is 0 Å². The van der Waals surface area contributed by atoms with Crippen molar-refractivity contribution in [3.63, 3.8) is 0 Å². The second-order valence-electron chi connectivity index (χ2n) is 8.19. The molecule has 0 saturated heterocycles. The molecule has 0 spiro atoms. The minimum Gasteiger partial charge on any atom is -0.444 e. The smallest absolute Gasteiger partial charge is 0.410 e. The lowest BCUT2D eigenvalue weighted by molar-refractivity contribution is 0.0219. The van der Waals surface area contributed by atoms with E-state index in [0.29, 0.717) is 31.1 Å². The lowest BCUT2D eigenvalue weighted by Gasteiger charge is -2.31. The Morgan fingerprint density at radius 2 is 2.00 bits per heavy atom.